The Morgan fingerprint density at radius 3 is 0.892 bits per heavy atom. The van der Waals surface area contributed by atoms with Crippen LogP contribution in [-0.2, 0) is 10.4 Å². The van der Waals surface area contributed by atoms with Crippen LogP contribution in [0.2, 0.25) is 0 Å². The van der Waals surface area contributed by atoms with Gasteiger partial charge in [0.2, 0.25) is 0 Å². The molecule has 0 bridgehead atoms. The van der Waals surface area contributed by atoms with Gasteiger partial charge >= 0.3 is 10.4 Å². The minimum atomic E-state index is -4.67. The molecule has 4 aromatic carbocycles. The lowest BCUT2D eigenvalue weighted by atomic mass is 10.1. The van der Waals surface area contributed by atoms with E-state index in [0.29, 0.717) is 0 Å². The van der Waals surface area contributed by atoms with Crippen LogP contribution in [-0.4, -0.2) is 27.5 Å². The van der Waals surface area contributed by atoms with E-state index >= 15 is 0 Å². The summed E-state index contributed by atoms with van der Waals surface area (Å²) in [5.41, 5.74) is 29.4. The molecule has 0 atom stereocenters. The fourth-order valence-electron chi connectivity index (χ4n) is 3.71. The molecule has 2 aromatic heterocycles. The van der Waals surface area contributed by atoms with Crippen molar-refractivity contribution in [3.63, 3.8) is 0 Å². The Hall–Kier alpha value is -4.71. The van der Waals surface area contributed by atoms with Crippen LogP contribution in [0.25, 0.3) is 43.6 Å². The van der Waals surface area contributed by atoms with E-state index < -0.39 is 10.4 Å². The van der Waals surface area contributed by atoms with E-state index in [1.807, 2.05) is 72.8 Å². The molecule has 6 aromatic rings. The maximum atomic E-state index is 8.74. The van der Waals surface area contributed by atoms with Gasteiger partial charge in [0.15, 0.2) is 0 Å². The fraction of sp³-hybridized carbons (Fsp3) is 0. The number of pyridine rings is 2. The molecule has 0 spiro atoms. The molecule has 11 heteroatoms. The highest BCUT2D eigenvalue weighted by molar-refractivity contribution is 7.79. The lowest BCUT2D eigenvalue weighted by Crippen LogP contribution is -1.89. The van der Waals surface area contributed by atoms with Crippen LogP contribution >= 0.6 is 0 Å². The van der Waals surface area contributed by atoms with Crippen molar-refractivity contribution < 1.29 is 17.5 Å². The summed E-state index contributed by atoms with van der Waals surface area (Å²) in [6.45, 7) is 0. The first kappa shape index (κ1) is 25.4. The number of anilines is 4. The summed E-state index contributed by atoms with van der Waals surface area (Å²) in [5, 5.41) is 4.36. The predicted molar refractivity (Wildman–Crippen MR) is 150 cm³/mol. The van der Waals surface area contributed by atoms with Gasteiger partial charge in [-0.15, -0.1) is 0 Å². The van der Waals surface area contributed by atoms with E-state index in [-0.39, 0.29) is 0 Å². The Morgan fingerprint density at radius 2 is 0.676 bits per heavy atom. The highest BCUT2D eigenvalue weighted by Crippen LogP contribution is 2.24. The minimum absolute atomic E-state index is 0.725. The molecule has 0 radical (unpaired) electrons. The van der Waals surface area contributed by atoms with Crippen LogP contribution < -0.4 is 22.9 Å². The zero-order chi connectivity index (χ0) is 26.7. The van der Waals surface area contributed by atoms with Gasteiger partial charge in [-0.25, -0.2) is 9.97 Å². The van der Waals surface area contributed by atoms with Crippen LogP contribution in [0.3, 0.4) is 0 Å². The monoisotopic (exact) mass is 516 g/mol. The van der Waals surface area contributed by atoms with Crippen LogP contribution in [0.4, 0.5) is 22.7 Å². The Bertz CT molecular complexity index is 1630. The van der Waals surface area contributed by atoms with Crippen molar-refractivity contribution in [1.82, 2.24) is 9.97 Å². The largest absolute Gasteiger partial charge is 0.399 e. The van der Waals surface area contributed by atoms with Gasteiger partial charge in [-0.2, -0.15) is 8.42 Å². The quantitative estimate of drug-likeness (QED) is 0.0950. The smallest absolute Gasteiger partial charge is 0.394 e. The topological polar surface area (TPSA) is 204 Å². The Kier molecular flexibility index (Phi) is 6.94. The molecule has 0 aliphatic rings. The number of aromatic nitrogens is 2. The third-order valence-corrected chi connectivity index (χ3v) is 5.32. The van der Waals surface area contributed by atoms with E-state index in [2.05, 4.69) is 22.1 Å². The number of hydrogen-bond acceptors (Lipinski definition) is 8. The van der Waals surface area contributed by atoms with Crippen molar-refractivity contribution in [3.8, 4) is 0 Å². The van der Waals surface area contributed by atoms with Gasteiger partial charge in [0, 0.05) is 44.3 Å². The van der Waals surface area contributed by atoms with Gasteiger partial charge in [0.1, 0.15) is 0 Å². The van der Waals surface area contributed by atoms with E-state index in [0.717, 1.165) is 66.4 Å². The standard InChI is InChI=1S/2C13H11N3.H2O4S/c2*14-10-3-1-8-5-9-2-4-11(15)7-13(9)16-12(8)6-10;1-5(2,3)4/h2*1-7H,14-15H2;(H2,1,2,3,4). The summed E-state index contributed by atoms with van der Waals surface area (Å²) in [5.74, 6) is 0. The zero-order valence-corrected chi connectivity index (χ0v) is 20.2. The average Bonchev–Trinajstić information content (AvgIpc) is 2.81. The second-order valence-corrected chi connectivity index (χ2v) is 9.13. The fourth-order valence-corrected chi connectivity index (χ4v) is 3.71. The number of nitrogens with zero attached hydrogens (tertiary/aromatic N) is 2. The van der Waals surface area contributed by atoms with E-state index in [1.165, 1.54) is 0 Å². The van der Waals surface area contributed by atoms with E-state index in [4.69, 9.17) is 40.5 Å². The molecular formula is C26H24N6O4S. The number of rotatable bonds is 0. The summed E-state index contributed by atoms with van der Waals surface area (Å²) >= 11 is 0. The van der Waals surface area contributed by atoms with Crippen LogP contribution in [0.5, 0.6) is 0 Å². The molecular weight excluding hydrogens is 492 g/mol. The van der Waals surface area contributed by atoms with Gasteiger partial charge in [0.05, 0.1) is 22.1 Å². The summed E-state index contributed by atoms with van der Waals surface area (Å²) in [6, 6.07) is 27.1. The first-order chi connectivity index (χ1) is 17.4. The van der Waals surface area contributed by atoms with Gasteiger partial charge in [-0.3, -0.25) is 9.11 Å². The molecule has 0 amide bonds. The normalized spacial score (nSPS) is 11.1. The van der Waals surface area contributed by atoms with Gasteiger partial charge in [0.25, 0.3) is 0 Å². The number of nitrogen functional groups attached to an aromatic ring is 4. The van der Waals surface area contributed by atoms with Crippen molar-refractivity contribution in [1.29, 1.82) is 0 Å². The molecule has 188 valence electrons. The molecule has 0 aliphatic heterocycles. The second kappa shape index (κ2) is 10.1. The first-order valence-electron chi connectivity index (χ1n) is 10.9. The average molecular weight is 517 g/mol. The molecule has 6 rings (SSSR count). The lowest BCUT2D eigenvalue weighted by Gasteiger charge is -2.03. The predicted octanol–water partition coefficient (Wildman–Crippen LogP) is 4.45. The zero-order valence-electron chi connectivity index (χ0n) is 19.4. The number of nitrogens with two attached hydrogens (primary N) is 4. The molecule has 2 heterocycles. The van der Waals surface area contributed by atoms with Crippen molar-refractivity contribution in [2.24, 2.45) is 0 Å². The number of hydrogen-bond donors (Lipinski definition) is 6. The first-order valence-corrected chi connectivity index (χ1v) is 12.3. The van der Waals surface area contributed by atoms with Crippen LogP contribution in [0, 0.1) is 0 Å². The lowest BCUT2D eigenvalue weighted by molar-refractivity contribution is 0.381. The van der Waals surface area contributed by atoms with Crippen molar-refractivity contribution >= 4 is 76.8 Å². The minimum Gasteiger partial charge on any atom is -0.399 e. The second-order valence-electron chi connectivity index (χ2n) is 8.23. The molecule has 0 saturated heterocycles. The molecule has 0 unspecified atom stereocenters. The summed E-state index contributed by atoms with van der Waals surface area (Å²) in [7, 11) is -4.67. The van der Waals surface area contributed by atoms with Gasteiger partial charge in [-0.05, 0) is 60.7 Å². The van der Waals surface area contributed by atoms with Crippen LogP contribution in [0.1, 0.15) is 0 Å². The summed E-state index contributed by atoms with van der Waals surface area (Å²) in [6.07, 6.45) is 0. The van der Waals surface area contributed by atoms with Crippen molar-refractivity contribution in [3.05, 3.63) is 84.9 Å². The molecule has 0 aliphatic carbocycles. The third-order valence-electron chi connectivity index (χ3n) is 5.32. The van der Waals surface area contributed by atoms with Crippen molar-refractivity contribution in [2.75, 3.05) is 22.9 Å². The maximum absolute atomic E-state index is 8.74. The Morgan fingerprint density at radius 1 is 0.459 bits per heavy atom. The van der Waals surface area contributed by atoms with Gasteiger partial charge < -0.3 is 22.9 Å². The Labute approximate surface area is 212 Å². The summed E-state index contributed by atoms with van der Waals surface area (Å²) in [4.78, 5) is 9.08. The maximum Gasteiger partial charge on any atom is 0.394 e. The van der Waals surface area contributed by atoms with Gasteiger partial charge in [-0.1, -0.05) is 24.3 Å². The molecule has 37 heavy (non-hydrogen) atoms. The molecule has 10 nitrogen and oxygen atoms in total. The van der Waals surface area contributed by atoms with E-state index in [9.17, 15) is 0 Å². The SMILES string of the molecule is Nc1ccc2cc3ccc(N)cc3nc2c1.Nc1ccc2cc3ccc(N)cc3nc2c1.O=S(=O)(O)O. The Balaban J connectivity index is 0.000000147. The summed E-state index contributed by atoms with van der Waals surface area (Å²) < 4.78 is 31.6. The number of fused-ring (bicyclic) bond motifs is 4. The molecule has 0 fully saturated rings. The van der Waals surface area contributed by atoms with Crippen LogP contribution in [0.15, 0.2) is 84.9 Å². The highest BCUT2D eigenvalue weighted by atomic mass is 32.3. The molecule has 10 N–H and O–H groups in total. The van der Waals surface area contributed by atoms with E-state index in [1.54, 1.807) is 0 Å². The molecule has 0 saturated carbocycles. The highest BCUT2D eigenvalue weighted by Gasteiger charge is 2.01. The van der Waals surface area contributed by atoms with Crippen molar-refractivity contribution in [2.45, 2.75) is 0 Å². The number of benzene rings is 4. The third kappa shape index (κ3) is 6.70.